The molecule has 0 N–H and O–H groups in total. The Morgan fingerprint density at radius 2 is 2.33 bits per heavy atom. The summed E-state index contributed by atoms with van der Waals surface area (Å²) in [7, 11) is 1.51. The fourth-order valence-corrected chi connectivity index (χ4v) is 3.42. The predicted molar refractivity (Wildman–Crippen MR) is 53.7 cm³/mol. The van der Waals surface area contributed by atoms with Crippen molar-refractivity contribution in [3.8, 4) is 0 Å². The zero-order valence-electron chi connectivity index (χ0n) is 6.16. The quantitative estimate of drug-likeness (QED) is 0.612. The van der Waals surface area contributed by atoms with E-state index >= 15 is 0 Å². The van der Waals surface area contributed by atoms with Crippen LogP contribution >= 0.6 is 33.3 Å². The molecule has 0 atom stereocenters. The molecular weight excluding hydrogens is 314 g/mol. The van der Waals surface area contributed by atoms with Crippen molar-refractivity contribution in [2.45, 2.75) is 18.4 Å². The molecule has 4 nitrogen and oxygen atoms in total. The Bertz CT molecular complexity index is 386. The van der Waals surface area contributed by atoms with Crippen LogP contribution in [0.25, 0.3) is 0 Å². The van der Waals surface area contributed by atoms with E-state index in [2.05, 4.69) is 5.10 Å². The lowest BCUT2D eigenvalue weighted by Gasteiger charge is -1.96. The van der Waals surface area contributed by atoms with E-state index in [-0.39, 0.29) is 4.90 Å². The maximum Gasteiger partial charge on any atom is 0.265 e. The third-order valence-corrected chi connectivity index (χ3v) is 4.13. The molecule has 12 heavy (non-hydrogen) atoms. The number of aryl methyl sites for hydroxylation is 1. The van der Waals surface area contributed by atoms with Crippen molar-refractivity contribution in [2.75, 3.05) is 0 Å². The van der Waals surface area contributed by atoms with Crippen molar-refractivity contribution in [2.24, 2.45) is 0 Å². The van der Waals surface area contributed by atoms with E-state index in [0.717, 1.165) is 0 Å². The largest absolute Gasteiger partial charge is 0.265 e. The van der Waals surface area contributed by atoms with Gasteiger partial charge in [-0.25, -0.2) is 8.42 Å². The number of hydrogen-bond donors (Lipinski definition) is 0. The molecule has 0 fully saturated rings. The molecular formula is C5H6ClIN2O2S. The predicted octanol–water partition coefficient (Wildman–Crippen LogP) is 1.44. The summed E-state index contributed by atoms with van der Waals surface area (Å²) in [5.41, 5.74) is 0. The van der Waals surface area contributed by atoms with Gasteiger partial charge in [0, 0.05) is 17.2 Å². The van der Waals surface area contributed by atoms with E-state index in [4.69, 9.17) is 10.7 Å². The summed E-state index contributed by atoms with van der Waals surface area (Å²) in [5.74, 6) is 0. The fraction of sp³-hybridized carbons (Fsp3) is 0.400. The van der Waals surface area contributed by atoms with Crippen LogP contribution in [0, 0.1) is 3.70 Å². The van der Waals surface area contributed by atoms with E-state index in [1.807, 2.05) is 29.5 Å². The monoisotopic (exact) mass is 320 g/mol. The minimum atomic E-state index is -3.64. The molecule has 0 amide bonds. The molecule has 0 aliphatic heterocycles. The first-order valence-electron chi connectivity index (χ1n) is 3.12. The van der Waals surface area contributed by atoms with E-state index in [1.165, 1.54) is 6.20 Å². The average molecular weight is 321 g/mol. The number of halogens is 2. The van der Waals surface area contributed by atoms with Crippen LogP contribution in [0.5, 0.6) is 0 Å². The zero-order valence-corrected chi connectivity index (χ0v) is 9.89. The van der Waals surface area contributed by atoms with Gasteiger partial charge in [0.1, 0.15) is 8.60 Å². The maximum absolute atomic E-state index is 10.9. The molecule has 0 saturated heterocycles. The van der Waals surface area contributed by atoms with Gasteiger partial charge in [-0.1, -0.05) is 0 Å². The second-order valence-electron chi connectivity index (χ2n) is 2.05. The van der Waals surface area contributed by atoms with Crippen LogP contribution in [0.4, 0.5) is 0 Å². The molecule has 0 unspecified atom stereocenters. The molecule has 0 saturated carbocycles. The highest BCUT2D eigenvalue weighted by atomic mass is 127. The van der Waals surface area contributed by atoms with Crippen molar-refractivity contribution in [1.82, 2.24) is 9.78 Å². The van der Waals surface area contributed by atoms with Gasteiger partial charge in [-0.3, -0.25) is 4.68 Å². The lowest BCUT2D eigenvalue weighted by Crippen LogP contribution is -2.00. The zero-order chi connectivity index (χ0) is 9.35. The SMILES string of the molecule is CCn1ncc(S(=O)(=O)Cl)c1I. The summed E-state index contributed by atoms with van der Waals surface area (Å²) in [6, 6.07) is 0. The minimum Gasteiger partial charge on any atom is -0.258 e. The molecule has 0 aliphatic rings. The second-order valence-corrected chi connectivity index (χ2v) is 5.61. The van der Waals surface area contributed by atoms with Crippen LogP contribution < -0.4 is 0 Å². The lowest BCUT2D eigenvalue weighted by atomic mass is 10.7. The van der Waals surface area contributed by atoms with E-state index in [1.54, 1.807) is 4.68 Å². The van der Waals surface area contributed by atoms with Crippen molar-refractivity contribution < 1.29 is 8.42 Å². The Morgan fingerprint density at radius 3 is 2.58 bits per heavy atom. The molecule has 1 heterocycles. The fourth-order valence-electron chi connectivity index (χ4n) is 0.737. The summed E-state index contributed by atoms with van der Waals surface area (Å²) in [6.45, 7) is 2.50. The summed E-state index contributed by atoms with van der Waals surface area (Å²) < 4.78 is 23.9. The van der Waals surface area contributed by atoms with E-state index in [9.17, 15) is 8.42 Å². The Morgan fingerprint density at radius 1 is 1.75 bits per heavy atom. The lowest BCUT2D eigenvalue weighted by molar-refractivity contribution is 0.607. The molecule has 7 heteroatoms. The van der Waals surface area contributed by atoms with Gasteiger partial charge < -0.3 is 0 Å². The number of hydrogen-bond acceptors (Lipinski definition) is 3. The van der Waals surface area contributed by atoms with Gasteiger partial charge in [0.15, 0.2) is 0 Å². The normalized spacial score (nSPS) is 11.9. The van der Waals surface area contributed by atoms with Crippen LogP contribution in [0.3, 0.4) is 0 Å². The Kier molecular flexibility index (Phi) is 3.00. The molecule has 1 aromatic rings. The number of rotatable bonds is 2. The van der Waals surface area contributed by atoms with Crippen molar-refractivity contribution in [3.05, 3.63) is 9.90 Å². The Hall–Kier alpha value is 0.180. The summed E-state index contributed by atoms with van der Waals surface area (Å²) >= 11 is 1.90. The highest BCUT2D eigenvalue weighted by Gasteiger charge is 2.18. The third-order valence-electron chi connectivity index (χ3n) is 1.31. The molecule has 0 radical (unpaired) electrons. The molecule has 68 valence electrons. The number of aromatic nitrogens is 2. The summed E-state index contributed by atoms with van der Waals surface area (Å²) in [4.78, 5) is 0.0756. The van der Waals surface area contributed by atoms with E-state index < -0.39 is 9.05 Å². The minimum absolute atomic E-state index is 0.0756. The highest BCUT2D eigenvalue weighted by Crippen LogP contribution is 2.20. The molecule has 0 spiro atoms. The van der Waals surface area contributed by atoms with Crippen LogP contribution in [-0.2, 0) is 15.6 Å². The Balaban J connectivity index is 3.30. The van der Waals surface area contributed by atoms with Crippen LogP contribution in [-0.4, -0.2) is 18.2 Å². The molecule has 1 rings (SSSR count). The van der Waals surface area contributed by atoms with Gasteiger partial charge in [0.05, 0.1) is 6.20 Å². The average Bonchev–Trinajstić information content (AvgIpc) is 2.29. The molecule has 0 aromatic carbocycles. The molecule has 1 aromatic heterocycles. The topological polar surface area (TPSA) is 52.0 Å². The van der Waals surface area contributed by atoms with Crippen molar-refractivity contribution in [1.29, 1.82) is 0 Å². The van der Waals surface area contributed by atoms with Crippen LogP contribution in [0.15, 0.2) is 11.1 Å². The third kappa shape index (κ3) is 1.91. The molecule has 0 aliphatic carbocycles. The second kappa shape index (κ2) is 3.51. The van der Waals surface area contributed by atoms with Gasteiger partial charge in [0.2, 0.25) is 0 Å². The van der Waals surface area contributed by atoms with Gasteiger partial charge in [-0.2, -0.15) is 5.10 Å². The first kappa shape index (κ1) is 10.3. The van der Waals surface area contributed by atoms with Crippen molar-refractivity contribution in [3.63, 3.8) is 0 Å². The van der Waals surface area contributed by atoms with Crippen LogP contribution in [0.1, 0.15) is 6.92 Å². The first-order chi connectivity index (χ1) is 5.46. The van der Waals surface area contributed by atoms with E-state index in [0.29, 0.717) is 10.2 Å². The first-order valence-corrected chi connectivity index (χ1v) is 6.51. The Labute approximate surface area is 88.5 Å². The standard InChI is InChI=1S/C5H6ClIN2O2S/c1-2-9-5(7)4(3-8-9)12(6,10)11/h3H,2H2,1H3. The van der Waals surface area contributed by atoms with Crippen molar-refractivity contribution >= 4 is 42.3 Å². The van der Waals surface area contributed by atoms with Gasteiger partial charge in [0.25, 0.3) is 9.05 Å². The van der Waals surface area contributed by atoms with Gasteiger partial charge in [-0.15, -0.1) is 0 Å². The van der Waals surface area contributed by atoms with Crippen LogP contribution in [0.2, 0.25) is 0 Å². The molecule has 0 bridgehead atoms. The summed E-state index contributed by atoms with van der Waals surface area (Å²) in [5, 5.41) is 3.85. The highest BCUT2D eigenvalue weighted by molar-refractivity contribution is 14.1. The number of nitrogens with zero attached hydrogens (tertiary/aromatic N) is 2. The summed E-state index contributed by atoms with van der Waals surface area (Å²) in [6.07, 6.45) is 1.26. The van der Waals surface area contributed by atoms with Gasteiger partial charge in [-0.05, 0) is 29.5 Å². The smallest absolute Gasteiger partial charge is 0.258 e. The maximum atomic E-state index is 10.9. The van der Waals surface area contributed by atoms with Gasteiger partial charge >= 0.3 is 0 Å².